The Labute approximate surface area is 87.4 Å². The van der Waals surface area contributed by atoms with Crippen molar-refractivity contribution in [1.82, 2.24) is 0 Å². The monoisotopic (exact) mass is 265 g/mol. The van der Waals surface area contributed by atoms with E-state index in [1.165, 1.54) is 0 Å². The minimum atomic E-state index is -4.29. The van der Waals surface area contributed by atoms with Crippen LogP contribution in [-0.2, 0) is 12.6 Å². The molecule has 1 aromatic rings. The summed E-state index contributed by atoms with van der Waals surface area (Å²) in [5, 5.41) is 2.76. The van der Waals surface area contributed by atoms with Crippen LogP contribution >= 0.6 is 15.9 Å². The molecule has 1 nitrogen and oxygen atoms in total. The lowest BCUT2D eigenvalue weighted by molar-refractivity contribution is -0.137. The molecule has 14 heavy (non-hydrogen) atoms. The lowest BCUT2D eigenvalue weighted by Gasteiger charge is -2.12. The van der Waals surface area contributed by atoms with Crippen molar-refractivity contribution in [2.75, 3.05) is 11.9 Å². The van der Waals surface area contributed by atoms with Crippen molar-refractivity contribution in [2.24, 2.45) is 0 Å². The third-order valence-corrected chi connectivity index (χ3v) is 2.64. The maximum atomic E-state index is 12.6. The van der Waals surface area contributed by atoms with E-state index >= 15 is 0 Å². The topological polar surface area (TPSA) is 12.0 Å². The number of benzene rings is 1. The normalized spacial score (nSPS) is 15.1. The summed E-state index contributed by atoms with van der Waals surface area (Å²) in [6.07, 6.45) is -3.64. The fraction of sp³-hybridized carbons (Fsp3) is 0.333. The molecule has 1 N–H and O–H groups in total. The van der Waals surface area contributed by atoms with Gasteiger partial charge in [-0.1, -0.05) is 15.9 Å². The van der Waals surface area contributed by atoms with Crippen LogP contribution in [-0.4, -0.2) is 6.54 Å². The highest BCUT2D eigenvalue weighted by molar-refractivity contribution is 9.10. The van der Waals surface area contributed by atoms with Gasteiger partial charge in [-0.15, -0.1) is 0 Å². The van der Waals surface area contributed by atoms with Crippen LogP contribution in [0.2, 0.25) is 0 Å². The molecule has 0 fully saturated rings. The van der Waals surface area contributed by atoms with Gasteiger partial charge in [-0.3, -0.25) is 0 Å². The fourth-order valence-corrected chi connectivity index (χ4v) is 2.12. The molecule has 1 aliphatic heterocycles. The second kappa shape index (κ2) is 3.15. The van der Waals surface area contributed by atoms with Crippen LogP contribution in [0.5, 0.6) is 0 Å². The molecule has 0 saturated carbocycles. The van der Waals surface area contributed by atoms with Crippen LogP contribution in [0.4, 0.5) is 18.9 Å². The molecule has 2 rings (SSSR count). The maximum absolute atomic E-state index is 12.6. The van der Waals surface area contributed by atoms with Gasteiger partial charge in [0.15, 0.2) is 0 Å². The number of nitrogens with one attached hydrogen (secondary N) is 1. The van der Waals surface area contributed by atoms with Crippen molar-refractivity contribution in [2.45, 2.75) is 12.6 Å². The predicted molar refractivity (Wildman–Crippen MR) is 51.3 cm³/mol. The van der Waals surface area contributed by atoms with Gasteiger partial charge in [0.1, 0.15) is 0 Å². The van der Waals surface area contributed by atoms with E-state index in [4.69, 9.17) is 0 Å². The molecule has 0 bridgehead atoms. The molecule has 76 valence electrons. The van der Waals surface area contributed by atoms with Gasteiger partial charge in [0.05, 0.1) is 5.56 Å². The fourth-order valence-electron chi connectivity index (χ4n) is 1.61. The average Bonchev–Trinajstić information content (AvgIpc) is 2.47. The average molecular weight is 266 g/mol. The first kappa shape index (κ1) is 9.83. The number of hydrogen-bond donors (Lipinski definition) is 1. The molecule has 1 heterocycles. The number of hydrogen-bond acceptors (Lipinski definition) is 1. The lowest BCUT2D eigenvalue weighted by atomic mass is 10.1. The van der Waals surface area contributed by atoms with Gasteiger partial charge in [0, 0.05) is 16.7 Å². The molecule has 0 spiro atoms. The Hall–Kier alpha value is -0.710. The molecule has 0 atom stereocenters. The maximum Gasteiger partial charge on any atom is 0.418 e. The Morgan fingerprint density at radius 2 is 2.00 bits per heavy atom. The highest BCUT2D eigenvalue weighted by Crippen LogP contribution is 2.40. The number of fused-ring (bicyclic) bond motifs is 1. The van der Waals surface area contributed by atoms with Gasteiger partial charge in [-0.2, -0.15) is 13.2 Å². The molecule has 1 aliphatic rings. The number of anilines is 1. The van der Waals surface area contributed by atoms with Crippen LogP contribution < -0.4 is 5.32 Å². The highest BCUT2D eigenvalue weighted by atomic mass is 79.9. The molecule has 0 radical (unpaired) electrons. The summed E-state index contributed by atoms with van der Waals surface area (Å²) in [4.78, 5) is 0. The molecule has 0 saturated heterocycles. The van der Waals surface area contributed by atoms with Crippen LogP contribution in [0, 0.1) is 0 Å². The minimum absolute atomic E-state index is 0.237. The van der Waals surface area contributed by atoms with Crippen LogP contribution in [0.15, 0.2) is 16.6 Å². The molecule has 5 heteroatoms. The molecule has 0 aliphatic carbocycles. The lowest BCUT2D eigenvalue weighted by Crippen LogP contribution is -2.08. The van der Waals surface area contributed by atoms with Crippen molar-refractivity contribution < 1.29 is 13.2 Å². The summed E-state index contributed by atoms with van der Waals surface area (Å²) >= 11 is 3.08. The Balaban J connectivity index is 2.60. The predicted octanol–water partition coefficient (Wildman–Crippen LogP) is 3.44. The summed E-state index contributed by atoms with van der Waals surface area (Å²) in [5.41, 5.74) is 0.381. The molecule has 0 aromatic heterocycles. The third-order valence-electron chi connectivity index (χ3n) is 2.19. The minimum Gasteiger partial charge on any atom is -0.384 e. The summed E-state index contributed by atoms with van der Waals surface area (Å²) in [6, 6.07) is 2.84. The van der Waals surface area contributed by atoms with Gasteiger partial charge in [0.2, 0.25) is 0 Å². The Bertz CT molecular complexity index is 373. The Morgan fingerprint density at radius 3 is 2.64 bits per heavy atom. The zero-order valence-electron chi connectivity index (χ0n) is 7.08. The van der Waals surface area contributed by atoms with E-state index < -0.39 is 11.7 Å². The summed E-state index contributed by atoms with van der Waals surface area (Å²) in [5.74, 6) is 0. The zero-order valence-corrected chi connectivity index (χ0v) is 8.67. The Morgan fingerprint density at radius 1 is 1.29 bits per heavy atom. The molecule has 0 unspecified atom stereocenters. The molecular formula is C9H7BrF3N. The SMILES string of the molecule is FC(F)(F)c1cc(Br)cc2c1NCC2. The highest BCUT2D eigenvalue weighted by Gasteiger charge is 2.35. The van der Waals surface area contributed by atoms with Crippen molar-refractivity contribution >= 4 is 21.6 Å². The van der Waals surface area contributed by atoms with Gasteiger partial charge in [0.25, 0.3) is 0 Å². The van der Waals surface area contributed by atoms with Crippen LogP contribution in [0.3, 0.4) is 0 Å². The molecule has 0 amide bonds. The van der Waals surface area contributed by atoms with E-state index in [1.54, 1.807) is 6.07 Å². The van der Waals surface area contributed by atoms with Crippen molar-refractivity contribution in [3.8, 4) is 0 Å². The van der Waals surface area contributed by atoms with Gasteiger partial charge in [-0.05, 0) is 24.1 Å². The van der Waals surface area contributed by atoms with E-state index in [0.29, 0.717) is 17.4 Å². The summed E-state index contributed by atoms with van der Waals surface area (Å²) in [7, 11) is 0. The van der Waals surface area contributed by atoms with E-state index in [-0.39, 0.29) is 5.69 Å². The largest absolute Gasteiger partial charge is 0.418 e. The number of alkyl halides is 3. The van der Waals surface area contributed by atoms with Crippen molar-refractivity contribution in [1.29, 1.82) is 0 Å². The first-order chi connectivity index (χ1) is 6.48. The van der Waals surface area contributed by atoms with Crippen molar-refractivity contribution in [3.63, 3.8) is 0 Å². The second-order valence-electron chi connectivity index (χ2n) is 3.16. The smallest absolute Gasteiger partial charge is 0.384 e. The number of halogens is 4. The van der Waals surface area contributed by atoms with E-state index in [1.807, 2.05) is 0 Å². The van der Waals surface area contributed by atoms with E-state index in [0.717, 1.165) is 11.6 Å². The van der Waals surface area contributed by atoms with Crippen LogP contribution in [0.1, 0.15) is 11.1 Å². The van der Waals surface area contributed by atoms with E-state index in [2.05, 4.69) is 21.2 Å². The molecular weight excluding hydrogens is 259 g/mol. The van der Waals surface area contributed by atoms with E-state index in [9.17, 15) is 13.2 Å². The first-order valence-corrected chi connectivity index (χ1v) is 4.91. The summed E-state index contributed by atoms with van der Waals surface area (Å²) in [6.45, 7) is 0.578. The van der Waals surface area contributed by atoms with Crippen LogP contribution in [0.25, 0.3) is 0 Å². The summed E-state index contributed by atoms with van der Waals surface area (Å²) < 4.78 is 38.2. The number of rotatable bonds is 0. The molecule has 1 aromatic carbocycles. The third kappa shape index (κ3) is 1.61. The quantitative estimate of drug-likeness (QED) is 0.758. The van der Waals surface area contributed by atoms with Gasteiger partial charge < -0.3 is 5.32 Å². The zero-order chi connectivity index (χ0) is 10.3. The Kier molecular flexibility index (Phi) is 2.21. The first-order valence-electron chi connectivity index (χ1n) is 4.12. The van der Waals surface area contributed by atoms with Gasteiger partial charge >= 0.3 is 6.18 Å². The van der Waals surface area contributed by atoms with Gasteiger partial charge in [-0.25, -0.2) is 0 Å². The second-order valence-corrected chi connectivity index (χ2v) is 4.08. The van der Waals surface area contributed by atoms with Crippen molar-refractivity contribution in [3.05, 3.63) is 27.7 Å². The standard InChI is InChI=1S/C9H7BrF3N/c10-6-3-5-1-2-14-8(5)7(4-6)9(11,12)13/h3-4,14H,1-2H2.